The zero-order valence-electron chi connectivity index (χ0n) is 18.5. The molecule has 2 unspecified atom stereocenters. The Morgan fingerprint density at radius 3 is 1.52 bits per heavy atom. The summed E-state index contributed by atoms with van der Waals surface area (Å²) in [4.78, 5) is 12.3. The molecule has 0 fully saturated rings. The molecule has 27 heavy (non-hydrogen) atoms. The van der Waals surface area contributed by atoms with Gasteiger partial charge in [0, 0.05) is 5.02 Å². The Kier molecular flexibility index (Phi) is 8.05. The molecule has 0 spiro atoms. The fourth-order valence-corrected chi connectivity index (χ4v) is 99.5. The molecule has 154 valence electrons. The van der Waals surface area contributed by atoms with Gasteiger partial charge in [0.15, 0.2) is 12.7 Å². The van der Waals surface area contributed by atoms with Crippen LogP contribution in [0.15, 0.2) is 24.3 Å². The number of benzene rings is 1. The van der Waals surface area contributed by atoms with Gasteiger partial charge in [-0.2, -0.15) is 0 Å². The highest BCUT2D eigenvalue weighted by Crippen LogP contribution is 2.43. The summed E-state index contributed by atoms with van der Waals surface area (Å²) >= 11 is 12.8. The van der Waals surface area contributed by atoms with Gasteiger partial charge in [0.2, 0.25) is 0 Å². The second-order valence-electron chi connectivity index (χ2n) is 10.5. The summed E-state index contributed by atoms with van der Waals surface area (Å²) in [5, 5.41) is -0.00218. The van der Waals surface area contributed by atoms with Crippen LogP contribution in [-0.2, 0) is 9.22 Å². The highest BCUT2D eigenvalue weighted by molar-refractivity contribution is 7.87. The largest absolute Gasteiger partial charge is 0.417 e. The first kappa shape index (κ1) is 25.3. The molecule has 2 atom stereocenters. The number of ketones is 1. The monoisotopic (exact) mass is 478 g/mol. The summed E-state index contributed by atoms with van der Waals surface area (Å²) in [6.07, 6.45) is -0.404. The fourth-order valence-electron chi connectivity index (χ4n) is 5.26. The van der Waals surface area contributed by atoms with E-state index in [-0.39, 0.29) is 5.78 Å². The summed E-state index contributed by atoms with van der Waals surface area (Å²) in [5.74, 6) is -0.0405. The van der Waals surface area contributed by atoms with Crippen molar-refractivity contribution in [3.05, 3.63) is 34.9 Å². The second-order valence-corrected chi connectivity index (χ2v) is 50.9. The molecule has 1 rings (SSSR count). The summed E-state index contributed by atoms with van der Waals surface area (Å²) in [6, 6.07) is 7.64. The quantitative estimate of drug-likeness (QED) is 0.303. The summed E-state index contributed by atoms with van der Waals surface area (Å²) in [7, 11) is -4.95. The van der Waals surface area contributed by atoms with Crippen LogP contribution in [0.2, 0.25) is 63.9 Å². The van der Waals surface area contributed by atoms with Gasteiger partial charge in [0.1, 0.15) is 5.38 Å². The van der Waals surface area contributed by atoms with E-state index in [1.807, 2.05) is 24.3 Å². The van der Waals surface area contributed by atoms with Gasteiger partial charge < -0.3 is 4.43 Å². The van der Waals surface area contributed by atoms with E-state index in [4.69, 9.17) is 27.6 Å². The lowest BCUT2D eigenvalue weighted by molar-refractivity contribution is -0.118. The predicted octanol–water partition coefficient (Wildman–Crippen LogP) is 6.79. The molecule has 1 aromatic carbocycles. The third kappa shape index (κ3) is 5.27. The Hall–Kier alpha value is 0.298. The van der Waals surface area contributed by atoms with E-state index in [9.17, 15) is 4.79 Å². The van der Waals surface area contributed by atoms with E-state index < -0.39 is 41.1 Å². The normalized spacial score (nSPS) is 16.1. The van der Waals surface area contributed by atoms with Crippen molar-refractivity contribution in [2.75, 3.05) is 0 Å². The molecule has 0 aliphatic rings. The molecule has 0 heterocycles. The number of alkyl halides is 1. The van der Waals surface area contributed by atoms with E-state index in [0.29, 0.717) is 5.02 Å². The van der Waals surface area contributed by atoms with Crippen LogP contribution in [0, 0.1) is 0 Å². The summed E-state index contributed by atoms with van der Waals surface area (Å²) in [5.41, 5.74) is 0.959. The molecule has 0 aliphatic carbocycles. The first-order chi connectivity index (χ1) is 12.0. The van der Waals surface area contributed by atoms with Crippen molar-refractivity contribution in [1.29, 1.82) is 0 Å². The van der Waals surface area contributed by atoms with Crippen molar-refractivity contribution in [3.8, 4) is 0 Å². The number of carbonyl (C=O) groups is 1. The maximum absolute atomic E-state index is 12.3. The minimum atomic E-state index is -2.12. The molecule has 0 bridgehead atoms. The van der Waals surface area contributed by atoms with Crippen LogP contribution < -0.4 is 0 Å². The third-order valence-electron chi connectivity index (χ3n) is 5.33. The smallest absolute Gasteiger partial charge is 0.159 e. The Morgan fingerprint density at radius 1 is 0.852 bits per heavy atom. The molecule has 0 saturated heterocycles. The van der Waals surface area contributed by atoms with Gasteiger partial charge in [-0.1, -0.05) is 82.7 Å². The number of Topliss-reactive ketones (excluding diaryl/α,β-unsaturated/α-hetero) is 1. The molecule has 0 saturated carbocycles. The number of halogens is 2. The van der Waals surface area contributed by atoms with Crippen molar-refractivity contribution >= 4 is 58.6 Å². The Labute approximate surface area is 179 Å². The first-order valence-corrected chi connectivity index (χ1v) is 25.8. The number of hydrogen-bond acceptors (Lipinski definition) is 2. The average molecular weight is 480 g/mol. The van der Waals surface area contributed by atoms with Crippen LogP contribution in [0.4, 0.5) is 0 Å². The maximum Gasteiger partial charge on any atom is 0.159 e. The molecule has 8 heteroatoms. The molecular formula is C19H36Cl2O2Si4. The Balaban J connectivity index is 3.69. The predicted molar refractivity (Wildman–Crippen MR) is 131 cm³/mol. The first-order valence-electron chi connectivity index (χ1n) is 9.53. The molecule has 1 aromatic rings. The molecular weight excluding hydrogens is 443 g/mol. The molecule has 0 aliphatic heterocycles. The van der Waals surface area contributed by atoms with Gasteiger partial charge in [0.25, 0.3) is 0 Å². The van der Waals surface area contributed by atoms with E-state index in [0.717, 1.165) is 5.56 Å². The van der Waals surface area contributed by atoms with Gasteiger partial charge in [-0.15, -0.1) is 11.6 Å². The van der Waals surface area contributed by atoms with Crippen LogP contribution in [0.1, 0.15) is 18.6 Å². The van der Waals surface area contributed by atoms with Crippen LogP contribution in [0.3, 0.4) is 0 Å². The topological polar surface area (TPSA) is 26.3 Å². The highest BCUT2D eigenvalue weighted by atomic mass is 35.5. The van der Waals surface area contributed by atoms with E-state index in [1.54, 1.807) is 6.92 Å². The number of carbonyl (C=O) groups excluding carboxylic acids is 1. The van der Waals surface area contributed by atoms with Crippen molar-refractivity contribution in [2.24, 2.45) is 0 Å². The van der Waals surface area contributed by atoms with Crippen LogP contribution in [0.5, 0.6) is 0 Å². The zero-order chi connectivity index (χ0) is 21.4. The molecule has 2 nitrogen and oxygen atoms in total. The minimum absolute atomic E-state index is 0.0405. The van der Waals surface area contributed by atoms with E-state index >= 15 is 0 Å². The lowest BCUT2D eigenvalue weighted by atomic mass is 10.0. The minimum Gasteiger partial charge on any atom is -0.417 e. The SMILES string of the molecule is CC(=O)C(Cl)C(O[Si]([Si](C)(C)C)([Si](C)(C)C)[Si](C)(C)C)c1ccc(Cl)cc1. The molecule has 0 radical (unpaired) electrons. The zero-order valence-corrected chi connectivity index (χ0v) is 24.0. The molecule has 0 amide bonds. The van der Waals surface area contributed by atoms with Crippen molar-refractivity contribution in [3.63, 3.8) is 0 Å². The lowest BCUT2D eigenvalue weighted by Crippen LogP contribution is -2.84. The van der Waals surface area contributed by atoms with Crippen LogP contribution >= 0.6 is 23.2 Å². The summed E-state index contributed by atoms with van der Waals surface area (Å²) < 4.78 is 7.31. The van der Waals surface area contributed by atoms with E-state index in [1.165, 1.54) is 0 Å². The molecule has 0 aromatic heterocycles. The van der Waals surface area contributed by atoms with Crippen molar-refractivity contribution in [1.82, 2.24) is 0 Å². The van der Waals surface area contributed by atoms with Crippen molar-refractivity contribution < 1.29 is 9.22 Å². The Morgan fingerprint density at radius 2 is 1.22 bits per heavy atom. The highest BCUT2D eigenvalue weighted by Gasteiger charge is 2.65. The Bertz CT molecular complexity index is 622. The molecule has 0 N–H and O–H groups in total. The summed E-state index contributed by atoms with van der Waals surface area (Å²) in [6.45, 7) is 21.6. The van der Waals surface area contributed by atoms with Crippen LogP contribution in [0.25, 0.3) is 0 Å². The number of rotatable bonds is 8. The van der Waals surface area contributed by atoms with Gasteiger partial charge >= 0.3 is 0 Å². The maximum atomic E-state index is 12.3. The number of hydrogen-bond donors (Lipinski definition) is 0. The van der Waals surface area contributed by atoms with Crippen LogP contribution in [-0.4, -0.2) is 40.8 Å². The van der Waals surface area contributed by atoms with Crippen molar-refractivity contribution in [2.45, 2.75) is 77.3 Å². The third-order valence-corrected chi connectivity index (χ3v) is 73.6. The van der Waals surface area contributed by atoms with Gasteiger partial charge in [-0.3, -0.25) is 4.79 Å². The van der Waals surface area contributed by atoms with E-state index in [2.05, 4.69) is 58.9 Å². The average Bonchev–Trinajstić information content (AvgIpc) is 2.44. The second kappa shape index (κ2) is 8.58. The van der Waals surface area contributed by atoms with Gasteiger partial charge in [-0.25, -0.2) is 0 Å². The van der Waals surface area contributed by atoms with Gasteiger partial charge in [-0.05, 0) is 24.6 Å². The standard InChI is InChI=1S/C19H36Cl2O2Si4/c1-15(22)18(21)19(16-11-13-17(20)14-12-16)23-27(24(2,3)4,25(5,6)7)26(8,9)10/h11-14,18-19H,1-10H3. The lowest BCUT2D eigenvalue weighted by Gasteiger charge is -2.57. The fraction of sp³-hybridized carbons (Fsp3) is 0.632. The van der Waals surface area contributed by atoms with Gasteiger partial charge in [0.05, 0.1) is 28.9 Å².